The molecule has 118 valence electrons. The number of hydrogen-bond donors (Lipinski definition) is 1. The molecule has 21 heavy (non-hydrogen) atoms. The Balaban J connectivity index is 2.33. The Kier molecular flexibility index (Phi) is 8.09. The van der Waals surface area contributed by atoms with Crippen LogP contribution in [0.2, 0.25) is 0 Å². The summed E-state index contributed by atoms with van der Waals surface area (Å²) >= 11 is 0. The second kappa shape index (κ2) is 9.59. The Bertz CT molecular complexity index is 429. The highest BCUT2D eigenvalue weighted by atomic mass is 16.5. The predicted octanol–water partition coefficient (Wildman–Crippen LogP) is 3.32. The van der Waals surface area contributed by atoms with E-state index >= 15 is 0 Å². The molecule has 0 unspecified atom stereocenters. The Morgan fingerprint density at radius 3 is 2.81 bits per heavy atom. The van der Waals surface area contributed by atoms with Gasteiger partial charge in [-0.25, -0.2) is 0 Å². The highest BCUT2D eigenvalue weighted by Gasteiger charge is 2.01. The number of ether oxygens (including phenoxy) is 1. The topological polar surface area (TPSA) is 24.5 Å². The molecule has 1 N–H and O–H groups in total. The highest BCUT2D eigenvalue weighted by molar-refractivity contribution is 5.28. The Morgan fingerprint density at radius 2 is 2.14 bits per heavy atom. The highest BCUT2D eigenvalue weighted by Crippen LogP contribution is 2.13. The third-order valence-corrected chi connectivity index (χ3v) is 3.06. The van der Waals surface area contributed by atoms with Gasteiger partial charge < -0.3 is 10.1 Å². The molecule has 1 aromatic carbocycles. The number of hydrogen-bond acceptors (Lipinski definition) is 3. The van der Waals surface area contributed by atoms with Gasteiger partial charge >= 0.3 is 0 Å². The molecule has 0 radical (unpaired) electrons. The summed E-state index contributed by atoms with van der Waals surface area (Å²) in [5.41, 5.74) is 2.44. The van der Waals surface area contributed by atoms with Gasteiger partial charge in [0, 0.05) is 19.6 Å². The van der Waals surface area contributed by atoms with Crippen molar-refractivity contribution in [3.05, 3.63) is 42.0 Å². The van der Waals surface area contributed by atoms with Crippen LogP contribution in [0.3, 0.4) is 0 Å². The monoisotopic (exact) mass is 290 g/mol. The summed E-state index contributed by atoms with van der Waals surface area (Å²) in [6.45, 7) is 14.9. The standard InChI is InChI=1S/C18H30N2O/c1-15(2)12-19-13-17-7-6-8-18(11-17)21-10-9-20(5)14-16(3)4/h6-8,11,15,19H,3,9-10,12-14H2,1-2,4-5H3. The lowest BCUT2D eigenvalue weighted by Gasteiger charge is -2.17. The van der Waals surface area contributed by atoms with Crippen molar-refractivity contribution in [2.75, 3.05) is 33.3 Å². The van der Waals surface area contributed by atoms with Crippen LogP contribution in [-0.2, 0) is 6.54 Å². The van der Waals surface area contributed by atoms with E-state index in [-0.39, 0.29) is 0 Å². The first-order chi connectivity index (χ1) is 9.97. The zero-order valence-corrected chi connectivity index (χ0v) is 14.0. The number of nitrogens with zero attached hydrogens (tertiary/aromatic N) is 1. The summed E-state index contributed by atoms with van der Waals surface area (Å²) in [5, 5.41) is 3.45. The van der Waals surface area contributed by atoms with E-state index < -0.39 is 0 Å². The molecule has 0 aromatic heterocycles. The molecule has 0 aliphatic heterocycles. The van der Waals surface area contributed by atoms with Crippen LogP contribution in [0.25, 0.3) is 0 Å². The normalized spacial score (nSPS) is 11.1. The SMILES string of the molecule is C=C(C)CN(C)CCOc1cccc(CNCC(C)C)c1. The van der Waals surface area contributed by atoms with E-state index in [1.54, 1.807) is 0 Å². The van der Waals surface area contributed by atoms with Crippen molar-refractivity contribution >= 4 is 0 Å². The van der Waals surface area contributed by atoms with Crippen molar-refractivity contribution in [3.63, 3.8) is 0 Å². The minimum atomic E-state index is 0.674. The molecule has 0 aliphatic rings. The van der Waals surface area contributed by atoms with Gasteiger partial charge in [-0.05, 0) is 44.1 Å². The first-order valence-corrected chi connectivity index (χ1v) is 7.72. The molecule has 1 rings (SSSR count). The number of benzene rings is 1. The van der Waals surface area contributed by atoms with E-state index in [0.717, 1.165) is 31.9 Å². The summed E-state index contributed by atoms with van der Waals surface area (Å²) in [6.07, 6.45) is 0. The van der Waals surface area contributed by atoms with Gasteiger partial charge in [0.25, 0.3) is 0 Å². The zero-order chi connectivity index (χ0) is 15.7. The molecule has 1 aromatic rings. The number of rotatable bonds is 10. The van der Waals surface area contributed by atoms with E-state index in [1.807, 2.05) is 13.0 Å². The minimum absolute atomic E-state index is 0.674. The summed E-state index contributed by atoms with van der Waals surface area (Å²) in [5.74, 6) is 1.62. The fraction of sp³-hybridized carbons (Fsp3) is 0.556. The fourth-order valence-corrected chi connectivity index (χ4v) is 2.11. The van der Waals surface area contributed by atoms with Crippen molar-refractivity contribution in [2.45, 2.75) is 27.3 Å². The molecule has 0 fully saturated rings. The van der Waals surface area contributed by atoms with Crippen molar-refractivity contribution in [3.8, 4) is 5.75 Å². The van der Waals surface area contributed by atoms with Crippen molar-refractivity contribution < 1.29 is 4.74 Å². The maximum Gasteiger partial charge on any atom is 0.119 e. The van der Waals surface area contributed by atoms with Crippen LogP contribution >= 0.6 is 0 Å². The smallest absolute Gasteiger partial charge is 0.119 e. The van der Waals surface area contributed by atoms with Crippen LogP contribution < -0.4 is 10.1 Å². The van der Waals surface area contributed by atoms with Gasteiger partial charge in [-0.2, -0.15) is 0 Å². The molecular weight excluding hydrogens is 260 g/mol. The first kappa shape index (κ1) is 17.7. The third kappa shape index (κ3) is 8.53. The third-order valence-electron chi connectivity index (χ3n) is 3.06. The van der Waals surface area contributed by atoms with Crippen LogP contribution in [0, 0.1) is 5.92 Å². The van der Waals surface area contributed by atoms with Gasteiger partial charge in [0.1, 0.15) is 12.4 Å². The molecule has 0 bridgehead atoms. The lowest BCUT2D eigenvalue weighted by molar-refractivity contribution is 0.247. The summed E-state index contributed by atoms with van der Waals surface area (Å²) in [7, 11) is 2.09. The molecule has 0 saturated heterocycles. The lowest BCUT2D eigenvalue weighted by atomic mass is 10.2. The Morgan fingerprint density at radius 1 is 1.38 bits per heavy atom. The first-order valence-electron chi connectivity index (χ1n) is 7.72. The summed E-state index contributed by atoms with van der Waals surface area (Å²) in [4.78, 5) is 2.22. The van der Waals surface area contributed by atoms with Gasteiger partial charge in [0.05, 0.1) is 0 Å². The number of likely N-dealkylation sites (N-methyl/N-ethyl adjacent to an activating group) is 1. The Labute approximate surface area is 130 Å². The van der Waals surface area contributed by atoms with E-state index in [2.05, 4.69) is 55.9 Å². The largest absolute Gasteiger partial charge is 0.492 e. The average molecular weight is 290 g/mol. The maximum atomic E-state index is 5.83. The summed E-state index contributed by atoms with van der Waals surface area (Å²) < 4.78 is 5.83. The lowest BCUT2D eigenvalue weighted by Crippen LogP contribution is -2.25. The fourth-order valence-electron chi connectivity index (χ4n) is 2.11. The van der Waals surface area contributed by atoms with E-state index in [1.165, 1.54) is 11.1 Å². The molecule has 0 heterocycles. The van der Waals surface area contributed by atoms with Crippen molar-refractivity contribution in [1.29, 1.82) is 0 Å². The molecule has 0 saturated carbocycles. The van der Waals surface area contributed by atoms with Crippen molar-refractivity contribution in [2.24, 2.45) is 5.92 Å². The maximum absolute atomic E-state index is 5.83. The molecule has 0 spiro atoms. The van der Waals surface area contributed by atoms with Gasteiger partial charge in [0.2, 0.25) is 0 Å². The van der Waals surface area contributed by atoms with Gasteiger partial charge in [0.15, 0.2) is 0 Å². The van der Waals surface area contributed by atoms with Crippen LogP contribution in [0.1, 0.15) is 26.3 Å². The molecule has 3 heteroatoms. The molecule has 3 nitrogen and oxygen atoms in total. The molecule has 0 aliphatic carbocycles. The van der Waals surface area contributed by atoms with Gasteiger partial charge in [-0.1, -0.05) is 38.1 Å². The zero-order valence-electron chi connectivity index (χ0n) is 14.0. The quantitative estimate of drug-likeness (QED) is 0.669. The summed E-state index contributed by atoms with van der Waals surface area (Å²) in [6, 6.07) is 8.32. The van der Waals surface area contributed by atoms with Crippen molar-refractivity contribution in [1.82, 2.24) is 10.2 Å². The predicted molar refractivity (Wildman–Crippen MR) is 90.8 cm³/mol. The average Bonchev–Trinajstić information content (AvgIpc) is 2.38. The van der Waals surface area contributed by atoms with Crippen LogP contribution in [0.15, 0.2) is 36.4 Å². The second-order valence-corrected chi connectivity index (χ2v) is 6.22. The van der Waals surface area contributed by atoms with E-state index in [9.17, 15) is 0 Å². The van der Waals surface area contributed by atoms with E-state index in [0.29, 0.717) is 12.5 Å². The number of nitrogens with one attached hydrogen (secondary N) is 1. The molecular formula is C18H30N2O. The van der Waals surface area contributed by atoms with Crippen LogP contribution in [0.5, 0.6) is 5.75 Å². The van der Waals surface area contributed by atoms with Gasteiger partial charge in [-0.3, -0.25) is 4.90 Å². The minimum Gasteiger partial charge on any atom is -0.492 e. The molecule has 0 amide bonds. The Hall–Kier alpha value is -1.32. The van der Waals surface area contributed by atoms with Gasteiger partial charge in [-0.15, -0.1) is 0 Å². The van der Waals surface area contributed by atoms with E-state index in [4.69, 9.17) is 4.74 Å². The van der Waals surface area contributed by atoms with Crippen LogP contribution in [0.4, 0.5) is 0 Å². The molecule has 0 atom stereocenters. The second-order valence-electron chi connectivity index (χ2n) is 6.22. The van der Waals surface area contributed by atoms with Crippen LogP contribution in [-0.4, -0.2) is 38.2 Å².